The Hall–Kier alpha value is -2.42. The van der Waals surface area contributed by atoms with Gasteiger partial charge < -0.3 is 4.52 Å². The van der Waals surface area contributed by atoms with Crippen molar-refractivity contribution in [2.75, 3.05) is 0 Å². The summed E-state index contributed by atoms with van der Waals surface area (Å²) in [5.41, 5.74) is 2.82. The molecule has 82 valence electrons. The third-order valence-corrected chi connectivity index (χ3v) is 2.70. The number of hydrogen-bond acceptors (Lipinski definition) is 3. The van der Waals surface area contributed by atoms with Crippen molar-refractivity contribution in [3.63, 3.8) is 0 Å². The molecule has 0 N–H and O–H groups in total. The lowest BCUT2D eigenvalue weighted by atomic mass is 10.1. The normalized spacial score (nSPS) is 10.6. The summed E-state index contributed by atoms with van der Waals surface area (Å²) in [6.07, 6.45) is 0.780. The Balaban J connectivity index is 2.30. The molecule has 0 aliphatic heterocycles. The van der Waals surface area contributed by atoms with Crippen molar-refractivity contribution in [1.29, 1.82) is 0 Å². The lowest BCUT2D eigenvalue weighted by Crippen LogP contribution is -1.80. The van der Waals surface area contributed by atoms with Gasteiger partial charge in [0, 0.05) is 5.56 Å². The highest BCUT2D eigenvalue weighted by Gasteiger charge is 2.12. The summed E-state index contributed by atoms with van der Waals surface area (Å²) in [7, 11) is 0. The van der Waals surface area contributed by atoms with Crippen LogP contribution < -0.4 is 0 Å². The van der Waals surface area contributed by atoms with Crippen LogP contribution in [0.2, 0.25) is 0 Å². The number of aldehydes is 1. The van der Waals surface area contributed by atoms with Gasteiger partial charge in [-0.15, -0.1) is 0 Å². The molecule has 17 heavy (non-hydrogen) atoms. The van der Waals surface area contributed by atoms with Crippen LogP contribution in [0, 0.1) is 0 Å². The number of hydrogen-bond donors (Lipinski definition) is 0. The minimum atomic E-state index is 0.525. The van der Waals surface area contributed by atoms with E-state index in [-0.39, 0.29) is 0 Å². The molecule has 3 heteroatoms. The standard InChI is InChI=1S/C14H9NO2/c16-9-11-7-4-8-12-13(15-17-14(11)12)10-5-2-1-3-6-10/h1-9H. The van der Waals surface area contributed by atoms with Crippen LogP contribution >= 0.6 is 0 Å². The van der Waals surface area contributed by atoms with Gasteiger partial charge in [0.25, 0.3) is 0 Å². The Kier molecular flexibility index (Phi) is 2.22. The maximum Gasteiger partial charge on any atom is 0.177 e. The number of nitrogens with zero attached hydrogens (tertiary/aromatic N) is 1. The van der Waals surface area contributed by atoms with Crippen molar-refractivity contribution >= 4 is 17.3 Å². The molecule has 3 nitrogen and oxygen atoms in total. The molecule has 0 fully saturated rings. The molecular weight excluding hydrogens is 214 g/mol. The first-order valence-corrected chi connectivity index (χ1v) is 5.29. The third-order valence-electron chi connectivity index (χ3n) is 2.70. The van der Waals surface area contributed by atoms with Crippen molar-refractivity contribution in [3.05, 3.63) is 54.1 Å². The van der Waals surface area contributed by atoms with E-state index in [0.717, 1.165) is 22.9 Å². The average molecular weight is 223 g/mol. The zero-order valence-electron chi connectivity index (χ0n) is 8.96. The molecule has 0 saturated carbocycles. The Morgan fingerprint density at radius 2 is 1.82 bits per heavy atom. The highest BCUT2D eigenvalue weighted by Crippen LogP contribution is 2.28. The smallest absolute Gasteiger partial charge is 0.177 e. The molecule has 1 aromatic heterocycles. The number of carbonyl (C=O) groups is 1. The number of carbonyl (C=O) groups excluding carboxylic acids is 1. The molecule has 0 saturated heterocycles. The van der Waals surface area contributed by atoms with Gasteiger partial charge in [-0.05, 0) is 12.1 Å². The molecule has 0 unspecified atom stereocenters. The van der Waals surface area contributed by atoms with Crippen LogP contribution in [0.15, 0.2) is 53.1 Å². The van der Waals surface area contributed by atoms with Gasteiger partial charge >= 0.3 is 0 Å². The lowest BCUT2D eigenvalue weighted by Gasteiger charge is -1.95. The second-order valence-corrected chi connectivity index (χ2v) is 3.74. The number of para-hydroxylation sites is 1. The van der Waals surface area contributed by atoms with E-state index in [9.17, 15) is 4.79 Å². The van der Waals surface area contributed by atoms with E-state index >= 15 is 0 Å². The van der Waals surface area contributed by atoms with E-state index < -0.39 is 0 Å². The van der Waals surface area contributed by atoms with Crippen molar-refractivity contribution in [2.45, 2.75) is 0 Å². The van der Waals surface area contributed by atoms with Gasteiger partial charge in [-0.25, -0.2) is 0 Å². The summed E-state index contributed by atoms with van der Waals surface area (Å²) >= 11 is 0. The molecular formula is C14H9NO2. The van der Waals surface area contributed by atoms with E-state index in [2.05, 4.69) is 5.16 Å². The molecule has 0 aliphatic carbocycles. The summed E-state index contributed by atoms with van der Waals surface area (Å²) in [4.78, 5) is 10.9. The van der Waals surface area contributed by atoms with Crippen LogP contribution in [-0.2, 0) is 0 Å². The SMILES string of the molecule is O=Cc1cccc2c(-c3ccccc3)noc12. The summed E-state index contributed by atoms with van der Waals surface area (Å²) in [6, 6.07) is 15.2. The van der Waals surface area contributed by atoms with Crippen LogP contribution in [0.3, 0.4) is 0 Å². The Labute approximate surface area is 97.7 Å². The maximum absolute atomic E-state index is 10.9. The van der Waals surface area contributed by atoms with Crippen molar-refractivity contribution in [2.24, 2.45) is 0 Å². The average Bonchev–Trinajstić information content (AvgIpc) is 2.83. The number of rotatable bonds is 2. The number of aromatic nitrogens is 1. The van der Waals surface area contributed by atoms with Crippen LogP contribution in [0.4, 0.5) is 0 Å². The first-order chi connectivity index (χ1) is 8.40. The van der Waals surface area contributed by atoms with Gasteiger partial charge in [0.2, 0.25) is 0 Å². The monoisotopic (exact) mass is 223 g/mol. The van der Waals surface area contributed by atoms with Crippen LogP contribution in [0.1, 0.15) is 10.4 Å². The van der Waals surface area contributed by atoms with E-state index in [1.807, 2.05) is 42.5 Å². The van der Waals surface area contributed by atoms with Gasteiger partial charge in [-0.3, -0.25) is 4.79 Å². The molecule has 0 spiro atoms. The zero-order chi connectivity index (χ0) is 11.7. The molecule has 0 aliphatic rings. The minimum absolute atomic E-state index is 0.525. The molecule has 0 amide bonds. The molecule has 3 rings (SSSR count). The number of fused-ring (bicyclic) bond motifs is 1. The van der Waals surface area contributed by atoms with Crippen LogP contribution in [-0.4, -0.2) is 11.4 Å². The predicted octanol–water partition coefficient (Wildman–Crippen LogP) is 3.31. The molecule has 3 aromatic rings. The van der Waals surface area contributed by atoms with Gasteiger partial charge in [-0.2, -0.15) is 0 Å². The Morgan fingerprint density at radius 3 is 2.59 bits per heavy atom. The summed E-state index contributed by atoms with van der Waals surface area (Å²) < 4.78 is 5.24. The van der Waals surface area contributed by atoms with Crippen molar-refractivity contribution < 1.29 is 9.32 Å². The largest absolute Gasteiger partial charge is 0.355 e. The topological polar surface area (TPSA) is 43.1 Å². The predicted molar refractivity (Wildman–Crippen MR) is 64.8 cm³/mol. The van der Waals surface area contributed by atoms with Crippen molar-refractivity contribution in [3.8, 4) is 11.3 Å². The Bertz CT molecular complexity index is 671. The molecule has 0 radical (unpaired) electrons. The second-order valence-electron chi connectivity index (χ2n) is 3.74. The van der Waals surface area contributed by atoms with E-state index in [0.29, 0.717) is 11.1 Å². The fraction of sp³-hybridized carbons (Fsp3) is 0. The first-order valence-electron chi connectivity index (χ1n) is 5.29. The van der Waals surface area contributed by atoms with Gasteiger partial charge in [0.15, 0.2) is 11.9 Å². The number of benzene rings is 2. The molecule has 0 atom stereocenters. The lowest BCUT2D eigenvalue weighted by molar-refractivity contribution is 0.112. The molecule has 0 bridgehead atoms. The van der Waals surface area contributed by atoms with E-state index in [1.165, 1.54) is 0 Å². The highest BCUT2D eigenvalue weighted by molar-refractivity contribution is 6.00. The molecule has 2 aromatic carbocycles. The summed E-state index contributed by atoms with van der Waals surface area (Å²) in [6.45, 7) is 0. The van der Waals surface area contributed by atoms with E-state index in [4.69, 9.17) is 4.52 Å². The summed E-state index contributed by atoms with van der Waals surface area (Å²) in [5, 5.41) is 4.90. The molecule has 1 heterocycles. The fourth-order valence-corrected chi connectivity index (χ4v) is 1.88. The first kappa shape index (κ1) is 9.78. The highest BCUT2D eigenvalue weighted by atomic mass is 16.5. The second kappa shape index (κ2) is 3.87. The third kappa shape index (κ3) is 1.52. The zero-order valence-corrected chi connectivity index (χ0v) is 8.96. The maximum atomic E-state index is 10.9. The Morgan fingerprint density at radius 1 is 1.00 bits per heavy atom. The van der Waals surface area contributed by atoms with Gasteiger partial charge in [-0.1, -0.05) is 41.6 Å². The van der Waals surface area contributed by atoms with Gasteiger partial charge in [0.1, 0.15) is 5.69 Å². The minimum Gasteiger partial charge on any atom is -0.355 e. The summed E-state index contributed by atoms with van der Waals surface area (Å²) in [5.74, 6) is 0. The van der Waals surface area contributed by atoms with Gasteiger partial charge in [0.05, 0.1) is 10.9 Å². The van der Waals surface area contributed by atoms with Crippen LogP contribution in [0.25, 0.3) is 22.2 Å². The van der Waals surface area contributed by atoms with Crippen molar-refractivity contribution in [1.82, 2.24) is 5.16 Å². The van der Waals surface area contributed by atoms with Crippen LogP contribution in [0.5, 0.6) is 0 Å². The fourth-order valence-electron chi connectivity index (χ4n) is 1.88. The quantitative estimate of drug-likeness (QED) is 0.626. The van der Waals surface area contributed by atoms with E-state index in [1.54, 1.807) is 6.07 Å².